The minimum Gasteiger partial charge on any atom is -0.503 e. The fourth-order valence-corrected chi connectivity index (χ4v) is 3.35. The zero-order chi connectivity index (χ0) is 25.4. The van der Waals surface area contributed by atoms with Crippen molar-refractivity contribution in [3.05, 3.63) is 71.3 Å². The number of methoxy groups -OCH3 is 4. The Morgan fingerprint density at radius 3 is 2.00 bits per heavy atom. The van der Waals surface area contributed by atoms with Gasteiger partial charge in [0.05, 0.1) is 34.1 Å². The second-order valence-electron chi connectivity index (χ2n) is 7.36. The van der Waals surface area contributed by atoms with E-state index in [1.54, 1.807) is 66.8 Å². The number of ether oxygens (including phenoxy) is 4. The third kappa shape index (κ3) is 6.05. The maximum Gasteiger partial charge on any atom is 0.248 e. The lowest BCUT2D eigenvalue weighted by Crippen LogP contribution is -2.09. The molecule has 0 aliphatic heterocycles. The van der Waals surface area contributed by atoms with Crippen molar-refractivity contribution in [3.63, 3.8) is 0 Å². The van der Waals surface area contributed by atoms with Crippen LogP contribution in [0.5, 0.6) is 28.7 Å². The SMILES string of the molecule is COc1ccc(C=Cc2cc(OC)c(OC)c(OC)c2)c(NC(=O)/C=C/c2ccc(N)cc2)c1O. The van der Waals surface area contributed by atoms with Gasteiger partial charge in [0.25, 0.3) is 0 Å². The number of anilines is 2. The van der Waals surface area contributed by atoms with Crippen LogP contribution in [0.1, 0.15) is 16.7 Å². The van der Waals surface area contributed by atoms with Gasteiger partial charge in [-0.25, -0.2) is 0 Å². The number of nitrogens with two attached hydrogens (primary N) is 1. The van der Waals surface area contributed by atoms with E-state index in [0.717, 1.165) is 11.1 Å². The molecule has 0 saturated heterocycles. The Balaban J connectivity index is 1.92. The molecule has 0 unspecified atom stereocenters. The molecule has 0 aliphatic carbocycles. The van der Waals surface area contributed by atoms with Crippen LogP contribution in [-0.2, 0) is 4.79 Å². The number of amides is 1. The molecule has 4 N–H and O–H groups in total. The van der Waals surface area contributed by atoms with Crippen molar-refractivity contribution in [3.8, 4) is 28.7 Å². The van der Waals surface area contributed by atoms with E-state index in [2.05, 4.69) is 5.32 Å². The van der Waals surface area contributed by atoms with Gasteiger partial charge in [0, 0.05) is 17.3 Å². The quantitative estimate of drug-likeness (QED) is 0.175. The van der Waals surface area contributed by atoms with Gasteiger partial charge in [0.2, 0.25) is 11.7 Å². The topological polar surface area (TPSA) is 112 Å². The molecule has 0 aliphatic rings. The molecule has 0 atom stereocenters. The number of rotatable bonds is 9. The van der Waals surface area contributed by atoms with E-state index in [0.29, 0.717) is 28.5 Å². The fourth-order valence-electron chi connectivity index (χ4n) is 3.35. The Hall–Kier alpha value is -4.59. The lowest BCUT2D eigenvalue weighted by molar-refractivity contribution is -0.111. The minimum atomic E-state index is -0.423. The van der Waals surface area contributed by atoms with Crippen LogP contribution in [0.4, 0.5) is 11.4 Å². The summed E-state index contributed by atoms with van der Waals surface area (Å²) in [6.45, 7) is 0. The van der Waals surface area contributed by atoms with E-state index in [-0.39, 0.29) is 17.2 Å². The molecule has 3 rings (SSSR count). The smallest absolute Gasteiger partial charge is 0.248 e. The van der Waals surface area contributed by atoms with Crippen molar-refractivity contribution < 1.29 is 28.8 Å². The first-order valence-electron chi connectivity index (χ1n) is 10.6. The van der Waals surface area contributed by atoms with Crippen LogP contribution >= 0.6 is 0 Å². The lowest BCUT2D eigenvalue weighted by atomic mass is 10.1. The van der Waals surface area contributed by atoms with E-state index >= 15 is 0 Å². The van der Waals surface area contributed by atoms with Gasteiger partial charge in [-0.1, -0.05) is 24.3 Å². The molecule has 182 valence electrons. The molecule has 3 aromatic rings. The Bertz CT molecular complexity index is 1220. The monoisotopic (exact) mass is 476 g/mol. The molecular weight excluding hydrogens is 448 g/mol. The van der Waals surface area contributed by atoms with Crippen molar-refractivity contribution in [2.75, 3.05) is 39.5 Å². The van der Waals surface area contributed by atoms with Gasteiger partial charge >= 0.3 is 0 Å². The van der Waals surface area contributed by atoms with Crippen LogP contribution in [0.15, 0.2) is 54.6 Å². The van der Waals surface area contributed by atoms with Gasteiger partial charge in [0.1, 0.15) is 0 Å². The molecule has 3 aromatic carbocycles. The molecule has 0 spiro atoms. The van der Waals surface area contributed by atoms with Crippen LogP contribution in [0.2, 0.25) is 0 Å². The third-order valence-corrected chi connectivity index (χ3v) is 5.15. The number of benzene rings is 3. The molecule has 1 amide bonds. The first-order valence-corrected chi connectivity index (χ1v) is 10.6. The van der Waals surface area contributed by atoms with Gasteiger partial charge in [-0.15, -0.1) is 0 Å². The second kappa shape index (κ2) is 11.5. The summed E-state index contributed by atoms with van der Waals surface area (Å²) in [7, 11) is 6.05. The van der Waals surface area contributed by atoms with Crippen molar-refractivity contribution >= 4 is 35.5 Å². The first-order chi connectivity index (χ1) is 16.9. The van der Waals surface area contributed by atoms with Crippen LogP contribution in [0, 0.1) is 0 Å². The number of phenols is 1. The molecule has 0 aromatic heterocycles. The van der Waals surface area contributed by atoms with Gasteiger partial charge in [0.15, 0.2) is 23.0 Å². The zero-order valence-electron chi connectivity index (χ0n) is 20.0. The van der Waals surface area contributed by atoms with Crippen molar-refractivity contribution in [2.24, 2.45) is 0 Å². The average molecular weight is 477 g/mol. The van der Waals surface area contributed by atoms with E-state index in [1.807, 2.05) is 0 Å². The maximum absolute atomic E-state index is 12.6. The number of hydrogen-bond donors (Lipinski definition) is 3. The van der Waals surface area contributed by atoms with Crippen LogP contribution in [0.25, 0.3) is 18.2 Å². The summed E-state index contributed by atoms with van der Waals surface area (Å²) in [5.41, 5.74) is 8.67. The second-order valence-corrected chi connectivity index (χ2v) is 7.36. The number of aromatic hydroxyl groups is 1. The van der Waals surface area contributed by atoms with E-state index in [1.165, 1.54) is 34.5 Å². The molecule has 0 radical (unpaired) electrons. The van der Waals surface area contributed by atoms with Gasteiger partial charge in [-0.3, -0.25) is 4.79 Å². The number of nitrogens with one attached hydrogen (secondary N) is 1. The van der Waals surface area contributed by atoms with Gasteiger partial charge in [-0.05, 0) is 53.6 Å². The number of carbonyl (C=O) groups excluding carboxylic acids is 1. The Kier molecular flexibility index (Phi) is 8.24. The zero-order valence-corrected chi connectivity index (χ0v) is 20.0. The average Bonchev–Trinajstić information content (AvgIpc) is 2.87. The number of carbonyl (C=O) groups is 1. The Morgan fingerprint density at radius 1 is 0.800 bits per heavy atom. The molecule has 8 heteroatoms. The molecule has 0 heterocycles. The highest BCUT2D eigenvalue weighted by atomic mass is 16.5. The molecular formula is C27H28N2O6. The standard InChI is InChI=1S/C27H28N2O6/c1-32-21-13-10-19(9-5-18-15-22(33-2)27(35-4)23(16-18)34-3)25(26(21)31)29-24(30)14-8-17-6-11-20(28)12-7-17/h5-16,31H,28H2,1-4H3,(H,29,30)/b9-5?,14-8+. The van der Waals surface area contributed by atoms with Crippen molar-refractivity contribution in [2.45, 2.75) is 0 Å². The van der Waals surface area contributed by atoms with E-state index < -0.39 is 5.91 Å². The maximum atomic E-state index is 12.6. The van der Waals surface area contributed by atoms with Crippen LogP contribution in [-0.4, -0.2) is 39.5 Å². The third-order valence-electron chi connectivity index (χ3n) is 5.15. The van der Waals surface area contributed by atoms with Crippen molar-refractivity contribution in [1.82, 2.24) is 0 Å². The van der Waals surface area contributed by atoms with Crippen LogP contribution < -0.4 is 30.0 Å². The van der Waals surface area contributed by atoms with Crippen LogP contribution in [0.3, 0.4) is 0 Å². The fraction of sp³-hybridized carbons (Fsp3) is 0.148. The number of nitrogen functional groups attached to an aromatic ring is 1. The van der Waals surface area contributed by atoms with Gasteiger partial charge < -0.3 is 35.1 Å². The highest BCUT2D eigenvalue weighted by molar-refractivity contribution is 6.04. The molecule has 35 heavy (non-hydrogen) atoms. The van der Waals surface area contributed by atoms with E-state index in [4.69, 9.17) is 24.7 Å². The lowest BCUT2D eigenvalue weighted by Gasteiger charge is -2.14. The molecule has 0 bridgehead atoms. The molecule has 0 fully saturated rings. The summed E-state index contributed by atoms with van der Waals surface area (Å²) in [6, 6.07) is 14.0. The summed E-state index contributed by atoms with van der Waals surface area (Å²) in [6.07, 6.45) is 6.57. The Morgan fingerprint density at radius 2 is 1.43 bits per heavy atom. The summed E-state index contributed by atoms with van der Waals surface area (Å²) in [4.78, 5) is 12.6. The first kappa shape index (κ1) is 25.0. The largest absolute Gasteiger partial charge is 0.503 e. The molecule has 8 nitrogen and oxygen atoms in total. The van der Waals surface area contributed by atoms with Crippen molar-refractivity contribution in [1.29, 1.82) is 0 Å². The highest BCUT2D eigenvalue weighted by Gasteiger charge is 2.15. The number of phenolic OH excluding ortho intramolecular Hbond substituents is 1. The number of hydrogen-bond acceptors (Lipinski definition) is 7. The summed E-state index contributed by atoms with van der Waals surface area (Å²) in [5.74, 6) is 1.11. The Labute approximate surface area is 204 Å². The van der Waals surface area contributed by atoms with E-state index in [9.17, 15) is 9.90 Å². The summed E-state index contributed by atoms with van der Waals surface area (Å²) < 4.78 is 21.4. The summed E-state index contributed by atoms with van der Waals surface area (Å²) in [5, 5.41) is 13.4. The minimum absolute atomic E-state index is 0.186. The summed E-state index contributed by atoms with van der Waals surface area (Å²) >= 11 is 0. The predicted molar refractivity (Wildman–Crippen MR) is 138 cm³/mol. The highest BCUT2D eigenvalue weighted by Crippen LogP contribution is 2.40. The van der Waals surface area contributed by atoms with Gasteiger partial charge in [-0.2, -0.15) is 0 Å². The predicted octanol–water partition coefficient (Wildman–Crippen LogP) is 4.83. The molecule has 0 saturated carbocycles. The normalized spacial score (nSPS) is 11.0.